The Kier molecular flexibility index (Phi) is 3.82. The quantitative estimate of drug-likeness (QED) is 0.704. The third kappa shape index (κ3) is 2.59. The van der Waals surface area contributed by atoms with Crippen LogP contribution in [-0.4, -0.2) is 51.4 Å². The molecule has 0 aliphatic carbocycles. The highest BCUT2D eigenvalue weighted by atomic mass is 32.2. The molecule has 0 saturated carbocycles. The lowest BCUT2D eigenvalue weighted by atomic mass is 10.0. The summed E-state index contributed by atoms with van der Waals surface area (Å²) in [6.07, 6.45) is 0.152. The van der Waals surface area contributed by atoms with Crippen molar-refractivity contribution in [3.05, 3.63) is 29.9 Å². The highest BCUT2D eigenvalue weighted by molar-refractivity contribution is 7.89. The summed E-state index contributed by atoms with van der Waals surface area (Å²) in [7, 11) is -3.90. The van der Waals surface area contributed by atoms with Crippen LogP contribution in [0.3, 0.4) is 0 Å². The smallest absolute Gasteiger partial charge is 0.260 e. The van der Waals surface area contributed by atoms with Crippen LogP contribution in [-0.2, 0) is 15.6 Å². The molecule has 1 fully saturated rings. The van der Waals surface area contributed by atoms with Crippen molar-refractivity contribution in [2.75, 3.05) is 13.1 Å². The SMILES string of the molecule is CC(C)c1noc([C@@]2(O)CCN(S(=O)(=O)c3cccc4nonc34)C2)n1. The van der Waals surface area contributed by atoms with E-state index in [4.69, 9.17) is 4.52 Å². The van der Waals surface area contributed by atoms with Gasteiger partial charge in [0.25, 0.3) is 5.89 Å². The van der Waals surface area contributed by atoms with Gasteiger partial charge in [-0.05, 0) is 22.4 Å². The number of nitrogens with zero attached hydrogens (tertiary/aromatic N) is 5. The van der Waals surface area contributed by atoms with E-state index in [-0.39, 0.29) is 41.7 Å². The molecule has 0 bridgehead atoms. The fourth-order valence-electron chi connectivity index (χ4n) is 2.93. The molecule has 3 aromatic rings. The van der Waals surface area contributed by atoms with Crippen molar-refractivity contribution in [3.8, 4) is 0 Å². The Morgan fingerprint density at radius 2 is 2.08 bits per heavy atom. The Morgan fingerprint density at radius 1 is 1.27 bits per heavy atom. The minimum atomic E-state index is -3.90. The number of sulfonamides is 1. The molecule has 138 valence electrons. The van der Waals surface area contributed by atoms with Gasteiger partial charge in [-0.15, -0.1) is 0 Å². The minimum absolute atomic E-state index is 0.0195. The van der Waals surface area contributed by atoms with Gasteiger partial charge in [-0.25, -0.2) is 13.0 Å². The van der Waals surface area contributed by atoms with E-state index < -0.39 is 15.6 Å². The summed E-state index contributed by atoms with van der Waals surface area (Å²) in [4.78, 5) is 4.19. The summed E-state index contributed by atoms with van der Waals surface area (Å²) in [5.74, 6) is 0.531. The molecule has 0 radical (unpaired) electrons. The molecule has 4 rings (SSSR count). The zero-order valence-corrected chi connectivity index (χ0v) is 15.0. The summed E-state index contributed by atoms with van der Waals surface area (Å²) in [5, 5.41) is 22.0. The maximum absolute atomic E-state index is 13.0. The van der Waals surface area contributed by atoms with Crippen molar-refractivity contribution in [3.63, 3.8) is 0 Å². The normalized spacial score (nSPS) is 21.8. The Labute approximate surface area is 148 Å². The number of benzene rings is 1. The molecule has 1 aliphatic heterocycles. The molecule has 0 unspecified atom stereocenters. The van der Waals surface area contributed by atoms with E-state index in [9.17, 15) is 13.5 Å². The summed E-state index contributed by atoms with van der Waals surface area (Å²) < 4.78 is 37.0. The third-order valence-corrected chi connectivity index (χ3v) is 6.31. The largest absolute Gasteiger partial charge is 0.379 e. The van der Waals surface area contributed by atoms with Gasteiger partial charge in [0, 0.05) is 18.9 Å². The molecule has 10 nitrogen and oxygen atoms in total. The second-order valence-electron chi connectivity index (χ2n) is 6.62. The van der Waals surface area contributed by atoms with Gasteiger partial charge in [-0.1, -0.05) is 25.1 Å². The van der Waals surface area contributed by atoms with Crippen molar-refractivity contribution >= 4 is 21.1 Å². The predicted octanol–water partition coefficient (Wildman–Crippen LogP) is 1.01. The van der Waals surface area contributed by atoms with E-state index in [2.05, 4.69) is 25.1 Å². The molecule has 1 atom stereocenters. The van der Waals surface area contributed by atoms with Crippen molar-refractivity contribution < 1.29 is 22.7 Å². The maximum Gasteiger partial charge on any atom is 0.260 e. The van der Waals surface area contributed by atoms with Crippen LogP contribution in [0, 0.1) is 0 Å². The fraction of sp³-hybridized carbons (Fsp3) is 0.467. The molecule has 1 saturated heterocycles. The fourth-order valence-corrected chi connectivity index (χ4v) is 4.56. The average Bonchev–Trinajstić information content (AvgIpc) is 3.33. The van der Waals surface area contributed by atoms with E-state index in [1.54, 1.807) is 12.1 Å². The van der Waals surface area contributed by atoms with Gasteiger partial charge in [0.15, 0.2) is 16.9 Å². The number of hydrogen-bond donors (Lipinski definition) is 1. The van der Waals surface area contributed by atoms with Crippen molar-refractivity contribution in [1.82, 2.24) is 24.8 Å². The Hall–Kier alpha value is -2.37. The second kappa shape index (κ2) is 5.83. The van der Waals surface area contributed by atoms with E-state index in [1.807, 2.05) is 13.8 Å². The first-order valence-corrected chi connectivity index (χ1v) is 9.53. The summed E-state index contributed by atoms with van der Waals surface area (Å²) in [6.45, 7) is 3.73. The first-order chi connectivity index (χ1) is 12.3. The summed E-state index contributed by atoms with van der Waals surface area (Å²) in [5.41, 5.74) is -1.02. The molecule has 1 aliphatic rings. The lowest BCUT2D eigenvalue weighted by Gasteiger charge is -2.19. The Bertz CT molecular complexity index is 1060. The maximum atomic E-state index is 13.0. The number of β-amino-alcohol motifs (C(OH)–C–C–N with tert-alkyl or cyclic N) is 1. The van der Waals surface area contributed by atoms with Gasteiger partial charge in [0.2, 0.25) is 10.0 Å². The molecule has 1 aromatic carbocycles. The van der Waals surface area contributed by atoms with Gasteiger partial charge in [-0.3, -0.25) is 0 Å². The van der Waals surface area contributed by atoms with E-state index >= 15 is 0 Å². The van der Waals surface area contributed by atoms with Crippen LogP contribution >= 0.6 is 0 Å². The van der Waals surface area contributed by atoms with Crippen LogP contribution in [0.15, 0.2) is 32.2 Å². The van der Waals surface area contributed by atoms with Crippen molar-refractivity contribution in [2.45, 2.75) is 36.7 Å². The van der Waals surface area contributed by atoms with E-state index in [0.29, 0.717) is 11.3 Å². The van der Waals surface area contributed by atoms with E-state index in [1.165, 1.54) is 10.4 Å². The van der Waals surface area contributed by atoms with E-state index in [0.717, 1.165) is 0 Å². The number of rotatable bonds is 4. The first-order valence-electron chi connectivity index (χ1n) is 8.09. The van der Waals surface area contributed by atoms with Crippen LogP contribution in [0.5, 0.6) is 0 Å². The zero-order chi connectivity index (χ0) is 18.5. The minimum Gasteiger partial charge on any atom is -0.379 e. The number of aromatic nitrogens is 4. The zero-order valence-electron chi connectivity index (χ0n) is 14.2. The molecule has 3 heterocycles. The summed E-state index contributed by atoms with van der Waals surface area (Å²) >= 11 is 0. The molecular weight excluding hydrogens is 362 g/mol. The van der Waals surface area contributed by atoms with Gasteiger partial charge in [-0.2, -0.15) is 9.29 Å². The number of fused-ring (bicyclic) bond motifs is 1. The van der Waals surface area contributed by atoms with Gasteiger partial charge < -0.3 is 9.63 Å². The average molecular weight is 379 g/mol. The summed E-state index contributed by atoms with van der Waals surface area (Å²) in [6, 6.07) is 4.61. The van der Waals surface area contributed by atoms with Gasteiger partial charge in [0.05, 0.1) is 6.54 Å². The predicted molar refractivity (Wildman–Crippen MR) is 87.5 cm³/mol. The van der Waals surface area contributed by atoms with Crippen LogP contribution < -0.4 is 0 Å². The Morgan fingerprint density at radius 3 is 2.81 bits per heavy atom. The highest BCUT2D eigenvalue weighted by Crippen LogP contribution is 2.35. The van der Waals surface area contributed by atoms with Crippen molar-refractivity contribution in [2.24, 2.45) is 0 Å². The van der Waals surface area contributed by atoms with Crippen LogP contribution in [0.25, 0.3) is 11.0 Å². The first kappa shape index (κ1) is 17.1. The highest BCUT2D eigenvalue weighted by Gasteiger charge is 2.47. The standard InChI is InChI=1S/C15H17N5O5S/c1-9(2)13-16-14(24-19-13)15(21)6-7-20(8-15)26(22,23)11-5-3-4-10-12(11)18-25-17-10/h3-5,9,21H,6-8H2,1-2H3/t15-/m1/s1. The molecule has 0 spiro atoms. The lowest BCUT2D eigenvalue weighted by molar-refractivity contribution is 0.0194. The lowest BCUT2D eigenvalue weighted by Crippen LogP contribution is -2.34. The monoisotopic (exact) mass is 379 g/mol. The van der Waals surface area contributed by atoms with Gasteiger partial charge >= 0.3 is 0 Å². The Balaban J connectivity index is 1.66. The number of aliphatic hydroxyl groups is 1. The molecule has 11 heteroatoms. The molecule has 1 N–H and O–H groups in total. The van der Waals surface area contributed by atoms with Crippen LogP contribution in [0.1, 0.15) is 37.9 Å². The topological polar surface area (TPSA) is 135 Å². The second-order valence-corrected chi connectivity index (χ2v) is 8.53. The van der Waals surface area contributed by atoms with Crippen molar-refractivity contribution in [1.29, 1.82) is 0 Å². The van der Waals surface area contributed by atoms with Crippen LogP contribution in [0.4, 0.5) is 0 Å². The molecule has 26 heavy (non-hydrogen) atoms. The number of hydrogen-bond acceptors (Lipinski definition) is 9. The van der Waals surface area contributed by atoms with Crippen LogP contribution in [0.2, 0.25) is 0 Å². The molecule has 0 amide bonds. The third-order valence-electron chi connectivity index (χ3n) is 4.44. The molecule has 2 aromatic heterocycles. The molecular formula is C15H17N5O5S. The van der Waals surface area contributed by atoms with Gasteiger partial charge in [0.1, 0.15) is 10.4 Å².